The van der Waals surface area contributed by atoms with Crippen LogP contribution in [0, 0.1) is 0 Å². The number of hydrogen-bond donors (Lipinski definition) is 1. The molecule has 1 saturated heterocycles. The molecular weight excluding hydrogens is 398 g/mol. The maximum Gasteiger partial charge on any atom is 0.243 e. The van der Waals surface area contributed by atoms with E-state index in [0.717, 1.165) is 43.4 Å². The van der Waals surface area contributed by atoms with Gasteiger partial charge < -0.3 is 10.2 Å². The molecule has 152 valence electrons. The Balaban J connectivity index is 1.58. The Morgan fingerprint density at radius 3 is 2.57 bits per heavy atom. The van der Waals surface area contributed by atoms with E-state index in [0.29, 0.717) is 18.8 Å². The summed E-state index contributed by atoms with van der Waals surface area (Å²) in [6, 6.07) is 5.09. The van der Waals surface area contributed by atoms with E-state index < -0.39 is 10.0 Å². The van der Waals surface area contributed by atoms with E-state index in [1.54, 1.807) is 18.2 Å². The van der Waals surface area contributed by atoms with Crippen molar-refractivity contribution in [2.24, 2.45) is 0 Å². The third-order valence-electron chi connectivity index (χ3n) is 5.60. The molecule has 28 heavy (non-hydrogen) atoms. The lowest BCUT2D eigenvalue weighted by atomic mass is 10.2. The second-order valence-electron chi connectivity index (χ2n) is 7.56. The summed E-state index contributed by atoms with van der Waals surface area (Å²) in [4.78, 5) is 27.4. The summed E-state index contributed by atoms with van der Waals surface area (Å²) in [5, 5.41) is 3.00. The number of rotatable bonds is 5. The Bertz CT molecular complexity index is 875. The fourth-order valence-corrected chi connectivity index (χ4v) is 6.53. The summed E-state index contributed by atoms with van der Waals surface area (Å²) in [5.41, 5.74) is 0.517. The minimum absolute atomic E-state index is 0.0733. The van der Waals surface area contributed by atoms with Crippen LogP contribution in [-0.2, 0) is 19.6 Å². The van der Waals surface area contributed by atoms with E-state index in [4.69, 9.17) is 0 Å². The van der Waals surface area contributed by atoms with E-state index in [-0.39, 0.29) is 35.0 Å². The van der Waals surface area contributed by atoms with E-state index in [9.17, 15) is 18.0 Å². The number of nitrogens with zero attached hydrogens (tertiary/aromatic N) is 2. The first kappa shape index (κ1) is 19.7. The van der Waals surface area contributed by atoms with Crippen molar-refractivity contribution in [1.29, 1.82) is 0 Å². The Morgan fingerprint density at radius 2 is 1.86 bits per heavy atom. The van der Waals surface area contributed by atoms with E-state index in [1.165, 1.54) is 21.0 Å². The second kappa shape index (κ2) is 8.04. The summed E-state index contributed by atoms with van der Waals surface area (Å²) >= 11 is 1.38. The highest BCUT2D eigenvalue weighted by atomic mass is 32.2. The first-order valence-electron chi connectivity index (χ1n) is 9.82. The van der Waals surface area contributed by atoms with Gasteiger partial charge >= 0.3 is 0 Å². The van der Waals surface area contributed by atoms with Gasteiger partial charge in [0.15, 0.2) is 0 Å². The number of benzene rings is 1. The normalized spacial score (nSPS) is 21.1. The third kappa shape index (κ3) is 3.92. The van der Waals surface area contributed by atoms with Gasteiger partial charge in [0.1, 0.15) is 6.54 Å². The molecule has 1 saturated carbocycles. The molecule has 3 aliphatic rings. The summed E-state index contributed by atoms with van der Waals surface area (Å²) in [7, 11) is -3.57. The van der Waals surface area contributed by atoms with Gasteiger partial charge in [-0.15, -0.1) is 11.8 Å². The average molecular weight is 424 g/mol. The highest BCUT2D eigenvalue weighted by Crippen LogP contribution is 2.37. The molecule has 2 amide bonds. The van der Waals surface area contributed by atoms with Crippen molar-refractivity contribution in [3.8, 4) is 0 Å². The molecule has 2 heterocycles. The number of carbonyl (C=O) groups excluding carboxylic acids is 2. The summed E-state index contributed by atoms with van der Waals surface area (Å²) < 4.78 is 27.3. The number of sulfonamides is 1. The summed E-state index contributed by atoms with van der Waals surface area (Å²) in [6.45, 7) is 0.983. The standard InChI is InChI=1S/C19H25N3O4S2/c23-18(20-14-5-1-2-6-14)12-22-16-11-15(7-8-17(16)27-13-19(22)24)28(25,26)21-9-3-4-10-21/h7-8,11,14H,1-6,9-10,12-13H2,(H,20,23). The molecule has 1 aromatic rings. The van der Waals surface area contributed by atoms with Crippen LogP contribution in [0.4, 0.5) is 5.69 Å². The Labute approximate surface area is 169 Å². The molecule has 4 rings (SSSR count). The van der Waals surface area contributed by atoms with Gasteiger partial charge in [-0.05, 0) is 43.9 Å². The van der Waals surface area contributed by atoms with Crippen LogP contribution in [0.2, 0.25) is 0 Å². The highest BCUT2D eigenvalue weighted by Gasteiger charge is 2.32. The van der Waals surface area contributed by atoms with Crippen molar-refractivity contribution >= 4 is 39.3 Å². The monoisotopic (exact) mass is 423 g/mol. The number of fused-ring (bicyclic) bond motifs is 1. The molecule has 0 bridgehead atoms. The molecule has 0 radical (unpaired) electrons. The summed E-state index contributed by atoms with van der Waals surface area (Å²) in [6.07, 6.45) is 5.92. The average Bonchev–Trinajstić information content (AvgIpc) is 3.38. The summed E-state index contributed by atoms with van der Waals surface area (Å²) in [5.74, 6) is -0.109. The Kier molecular flexibility index (Phi) is 5.66. The lowest BCUT2D eigenvalue weighted by Gasteiger charge is -2.29. The molecule has 2 aliphatic heterocycles. The number of amides is 2. The topological polar surface area (TPSA) is 86.8 Å². The molecule has 7 nitrogen and oxygen atoms in total. The van der Waals surface area contributed by atoms with Crippen LogP contribution in [0.3, 0.4) is 0 Å². The number of hydrogen-bond acceptors (Lipinski definition) is 5. The van der Waals surface area contributed by atoms with Crippen molar-refractivity contribution < 1.29 is 18.0 Å². The zero-order valence-electron chi connectivity index (χ0n) is 15.7. The number of carbonyl (C=O) groups is 2. The Hall–Kier alpha value is -1.58. The minimum Gasteiger partial charge on any atom is -0.352 e. The van der Waals surface area contributed by atoms with Crippen molar-refractivity contribution in [3.05, 3.63) is 18.2 Å². The number of thioether (sulfide) groups is 1. The van der Waals surface area contributed by atoms with Gasteiger partial charge in [0.25, 0.3) is 0 Å². The number of nitrogens with one attached hydrogen (secondary N) is 1. The first-order valence-corrected chi connectivity index (χ1v) is 12.2. The smallest absolute Gasteiger partial charge is 0.243 e. The number of anilines is 1. The van der Waals surface area contributed by atoms with Crippen LogP contribution in [0.15, 0.2) is 28.0 Å². The quantitative estimate of drug-likeness (QED) is 0.782. The molecule has 2 fully saturated rings. The fourth-order valence-electron chi connectivity index (χ4n) is 4.08. The molecule has 0 spiro atoms. The van der Waals surface area contributed by atoms with Crippen molar-refractivity contribution in [2.75, 3.05) is 30.3 Å². The van der Waals surface area contributed by atoms with Crippen LogP contribution < -0.4 is 10.2 Å². The van der Waals surface area contributed by atoms with Gasteiger partial charge in [0.05, 0.1) is 16.3 Å². The van der Waals surface area contributed by atoms with Gasteiger partial charge in [-0.1, -0.05) is 12.8 Å². The maximum absolute atomic E-state index is 12.9. The molecule has 0 atom stereocenters. The van der Waals surface area contributed by atoms with Gasteiger partial charge in [0.2, 0.25) is 21.8 Å². The van der Waals surface area contributed by atoms with Gasteiger partial charge in [-0.2, -0.15) is 4.31 Å². The van der Waals surface area contributed by atoms with Crippen LogP contribution in [0.1, 0.15) is 38.5 Å². The first-order chi connectivity index (χ1) is 13.4. The predicted molar refractivity (Wildman–Crippen MR) is 108 cm³/mol. The van der Waals surface area contributed by atoms with Gasteiger partial charge in [-0.3, -0.25) is 9.59 Å². The molecule has 0 aromatic heterocycles. The van der Waals surface area contributed by atoms with Crippen molar-refractivity contribution in [3.63, 3.8) is 0 Å². The molecule has 1 aliphatic carbocycles. The zero-order chi connectivity index (χ0) is 19.7. The van der Waals surface area contributed by atoms with Crippen LogP contribution in [0.25, 0.3) is 0 Å². The molecule has 9 heteroatoms. The third-order valence-corrected chi connectivity index (χ3v) is 8.54. The van der Waals surface area contributed by atoms with Gasteiger partial charge in [0, 0.05) is 24.0 Å². The predicted octanol–water partition coefficient (Wildman–Crippen LogP) is 1.97. The molecular formula is C19H25N3O4S2. The van der Waals surface area contributed by atoms with Crippen LogP contribution in [-0.4, -0.2) is 56.0 Å². The van der Waals surface area contributed by atoms with Crippen LogP contribution in [0.5, 0.6) is 0 Å². The van der Waals surface area contributed by atoms with E-state index in [2.05, 4.69) is 5.32 Å². The maximum atomic E-state index is 12.9. The second-order valence-corrected chi connectivity index (χ2v) is 10.5. The molecule has 1 N–H and O–H groups in total. The van der Waals surface area contributed by atoms with Crippen molar-refractivity contribution in [2.45, 2.75) is 54.4 Å². The SMILES string of the molecule is O=C(CN1C(=O)CSc2ccc(S(=O)(=O)N3CCCC3)cc21)NC1CCCC1. The van der Waals surface area contributed by atoms with E-state index >= 15 is 0 Å². The minimum atomic E-state index is -3.57. The lowest BCUT2D eigenvalue weighted by molar-refractivity contribution is -0.123. The lowest BCUT2D eigenvalue weighted by Crippen LogP contribution is -2.45. The molecule has 1 aromatic carbocycles. The van der Waals surface area contributed by atoms with Crippen molar-refractivity contribution in [1.82, 2.24) is 9.62 Å². The highest BCUT2D eigenvalue weighted by molar-refractivity contribution is 8.00. The molecule has 0 unspecified atom stereocenters. The van der Waals surface area contributed by atoms with Gasteiger partial charge in [-0.25, -0.2) is 8.42 Å². The largest absolute Gasteiger partial charge is 0.352 e. The Morgan fingerprint density at radius 1 is 1.14 bits per heavy atom. The van der Waals surface area contributed by atoms with Crippen LogP contribution >= 0.6 is 11.8 Å². The van der Waals surface area contributed by atoms with E-state index in [1.807, 2.05) is 0 Å². The fraction of sp³-hybridized carbons (Fsp3) is 0.579. The zero-order valence-corrected chi connectivity index (χ0v) is 17.4.